The molecule has 0 aromatic carbocycles. The van der Waals surface area contributed by atoms with Crippen LogP contribution >= 0.6 is 0 Å². The Morgan fingerprint density at radius 2 is 2.43 bits per heavy atom. The second-order valence-corrected chi connectivity index (χ2v) is 5.70. The minimum Gasteiger partial charge on any atom is -0.467 e. The van der Waals surface area contributed by atoms with E-state index in [9.17, 15) is 4.79 Å². The van der Waals surface area contributed by atoms with Crippen molar-refractivity contribution in [2.24, 2.45) is 5.92 Å². The second kappa shape index (κ2) is 8.20. The quantitative estimate of drug-likeness (QED) is 0.782. The third-order valence-corrected chi connectivity index (χ3v) is 3.97. The maximum Gasteiger partial charge on any atom is 0.341 e. The Balaban J connectivity index is 1.98. The first-order valence-electron chi connectivity index (χ1n) is 7.82. The average Bonchev–Trinajstić information content (AvgIpc) is 2.96. The Kier molecular flexibility index (Phi) is 6.26. The minimum atomic E-state index is -0.325. The van der Waals surface area contributed by atoms with Gasteiger partial charge in [0.2, 0.25) is 0 Å². The summed E-state index contributed by atoms with van der Waals surface area (Å²) < 4.78 is 10.3. The summed E-state index contributed by atoms with van der Waals surface area (Å²) in [5.74, 6) is 1.07. The lowest BCUT2D eigenvalue weighted by Crippen LogP contribution is -2.38. The number of nitrogens with zero attached hydrogens (tertiary/aromatic N) is 1. The molecule has 0 radical (unpaired) electrons. The van der Waals surface area contributed by atoms with Gasteiger partial charge in [0.25, 0.3) is 0 Å². The van der Waals surface area contributed by atoms with E-state index in [4.69, 9.17) is 9.15 Å². The van der Waals surface area contributed by atoms with Crippen LogP contribution in [0.15, 0.2) is 16.7 Å². The molecule has 0 aliphatic carbocycles. The number of rotatable bonds is 7. The molecule has 5 heteroatoms. The molecule has 1 unspecified atom stereocenters. The number of ether oxygens (including phenoxy) is 1. The molecule has 1 saturated heterocycles. The molecular weight excluding hydrogens is 268 g/mol. The van der Waals surface area contributed by atoms with Gasteiger partial charge in [0.1, 0.15) is 11.3 Å². The molecule has 5 nitrogen and oxygen atoms in total. The highest BCUT2D eigenvalue weighted by molar-refractivity contribution is 5.90. The average molecular weight is 294 g/mol. The third-order valence-electron chi connectivity index (χ3n) is 3.97. The van der Waals surface area contributed by atoms with Crippen LogP contribution in [0.4, 0.5) is 0 Å². The van der Waals surface area contributed by atoms with Crippen LogP contribution in [0.1, 0.15) is 42.3 Å². The van der Waals surface area contributed by atoms with Gasteiger partial charge in [-0.3, -0.25) is 4.90 Å². The molecule has 1 aromatic rings. The maximum atomic E-state index is 11.7. The predicted octanol–water partition coefficient (Wildman–Crippen LogP) is 2.28. The molecule has 1 atom stereocenters. The van der Waals surface area contributed by atoms with Gasteiger partial charge in [-0.1, -0.05) is 6.92 Å². The summed E-state index contributed by atoms with van der Waals surface area (Å²) in [5, 5.41) is 3.46. The molecule has 0 saturated carbocycles. The predicted molar refractivity (Wildman–Crippen MR) is 81.2 cm³/mol. The van der Waals surface area contributed by atoms with Gasteiger partial charge in [0.05, 0.1) is 19.9 Å². The van der Waals surface area contributed by atoms with Gasteiger partial charge >= 0.3 is 5.97 Å². The molecular formula is C16H26N2O3. The fourth-order valence-electron chi connectivity index (χ4n) is 2.95. The summed E-state index contributed by atoms with van der Waals surface area (Å²) in [6.07, 6.45) is 5.18. The van der Waals surface area contributed by atoms with E-state index < -0.39 is 0 Å². The molecule has 2 rings (SSSR count). The Bertz CT molecular complexity index is 438. The molecule has 21 heavy (non-hydrogen) atoms. The lowest BCUT2D eigenvalue weighted by molar-refractivity contribution is 0.0596. The van der Waals surface area contributed by atoms with Crippen LogP contribution in [0, 0.1) is 5.92 Å². The normalized spacial score (nSPS) is 18.9. The highest BCUT2D eigenvalue weighted by Crippen LogP contribution is 2.18. The van der Waals surface area contributed by atoms with Gasteiger partial charge in [-0.15, -0.1) is 0 Å². The molecule has 118 valence electrons. The summed E-state index contributed by atoms with van der Waals surface area (Å²) in [6, 6.07) is 1.69. The summed E-state index contributed by atoms with van der Waals surface area (Å²) in [7, 11) is 1.40. The molecule has 1 N–H and O–H groups in total. The van der Waals surface area contributed by atoms with E-state index in [1.165, 1.54) is 20.0 Å². The first-order valence-corrected chi connectivity index (χ1v) is 7.82. The second-order valence-electron chi connectivity index (χ2n) is 5.70. The largest absolute Gasteiger partial charge is 0.467 e. The van der Waals surface area contributed by atoms with E-state index in [0.717, 1.165) is 32.6 Å². The number of esters is 1. The summed E-state index contributed by atoms with van der Waals surface area (Å²) in [6.45, 7) is 7.12. The Hall–Kier alpha value is -1.33. The van der Waals surface area contributed by atoms with Gasteiger partial charge in [-0.2, -0.15) is 0 Å². The molecule has 0 amide bonds. The Morgan fingerprint density at radius 1 is 1.57 bits per heavy atom. The molecule has 0 spiro atoms. The third kappa shape index (κ3) is 4.58. The molecule has 0 bridgehead atoms. The van der Waals surface area contributed by atoms with E-state index >= 15 is 0 Å². The lowest BCUT2D eigenvalue weighted by atomic mass is 9.99. The van der Waals surface area contributed by atoms with Crippen molar-refractivity contribution in [1.29, 1.82) is 0 Å². The smallest absolute Gasteiger partial charge is 0.341 e. The number of piperidine rings is 1. The topological polar surface area (TPSA) is 54.7 Å². The number of hydrogen-bond acceptors (Lipinski definition) is 5. The fraction of sp³-hybridized carbons (Fsp3) is 0.688. The minimum absolute atomic E-state index is 0.325. The first kappa shape index (κ1) is 16.0. The van der Waals surface area contributed by atoms with Crippen molar-refractivity contribution in [1.82, 2.24) is 10.2 Å². The van der Waals surface area contributed by atoms with Crippen LogP contribution in [0.2, 0.25) is 0 Å². The van der Waals surface area contributed by atoms with E-state index in [-0.39, 0.29) is 5.97 Å². The van der Waals surface area contributed by atoms with Crippen molar-refractivity contribution >= 4 is 5.97 Å². The van der Waals surface area contributed by atoms with Gasteiger partial charge < -0.3 is 14.5 Å². The van der Waals surface area contributed by atoms with Crippen molar-refractivity contribution in [3.8, 4) is 0 Å². The highest BCUT2D eigenvalue weighted by Gasteiger charge is 2.21. The van der Waals surface area contributed by atoms with Crippen LogP contribution in [0.5, 0.6) is 0 Å². The zero-order valence-electron chi connectivity index (χ0n) is 13.1. The van der Waals surface area contributed by atoms with Gasteiger partial charge in [-0.05, 0) is 50.9 Å². The number of hydrogen-bond donors (Lipinski definition) is 1. The van der Waals surface area contributed by atoms with Crippen LogP contribution in [-0.4, -0.2) is 44.2 Å². The number of methoxy groups -OCH3 is 1. The molecule has 1 aromatic heterocycles. The highest BCUT2D eigenvalue weighted by atomic mass is 16.5. The van der Waals surface area contributed by atoms with Gasteiger partial charge in [-0.25, -0.2) is 4.79 Å². The van der Waals surface area contributed by atoms with Gasteiger partial charge in [0.15, 0.2) is 0 Å². The monoisotopic (exact) mass is 294 g/mol. The zero-order valence-corrected chi connectivity index (χ0v) is 13.1. The van der Waals surface area contributed by atoms with E-state index in [1.807, 2.05) is 0 Å². The first-order chi connectivity index (χ1) is 10.2. The van der Waals surface area contributed by atoms with Crippen LogP contribution in [0.3, 0.4) is 0 Å². The SMILES string of the molecule is CCCN(Cc1occc1C(=O)OC)CC1CCCNC1. The maximum absolute atomic E-state index is 11.7. The number of carbonyl (C=O) groups excluding carboxylic acids is 1. The Morgan fingerprint density at radius 3 is 3.10 bits per heavy atom. The zero-order chi connectivity index (χ0) is 15.1. The fourth-order valence-corrected chi connectivity index (χ4v) is 2.95. The molecule has 2 heterocycles. The lowest BCUT2D eigenvalue weighted by Gasteiger charge is -2.29. The summed E-state index contributed by atoms with van der Waals surface area (Å²) in [5.41, 5.74) is 0.542. The number of furan rings is 1. The summed E-state index contributed by atoms with van der Waals surface area (Å²) in [4.78, 5) is 14.1. The number of carbonyl (C=O) groups is 1. The molecule has 1 fully saturated rings. The van der Waals surface area contributed by atoms with Crippen molar-refractivity contribution in [3.05, 3.63) is 23.7 Å². The molecule has 1 aliphatic heterocycles. The summed E-state index contributed by atoms with van der Waals surface area (Å²) >= 11 is 0. The van der Waals surface area contributed by atoms with E-state index in [0.29, 0.717) is 23.8 Å². The van der Waals surface area contributed by atoms with Crippen LogP contribution in [0.25, 0.3) is 0 Å². The number of nitrogens with one attached hydrogen (secondary N) is 1. The molecule has 1 aliphatic rings. The Labute approximate surface area is 126 Å². The van der Waals surface area contributed by atoms with E-state index in [2.05, 4.69) is 17.1 Å². The van der Waals surface area contributed by atoms with Crippen LogP contribution in [-0.2, 0) is 11.3 Å². The van der Waals surface area contributed by atoms with E-state index in [1.54, 1.807) is 12.3 Å². The van der Waals surface area contributed by atoms with Gasteiger partial charge in [0, 0.05) is 6.54 Å². The standard InChI is InChI=1S/C16H26N2O3/c1-3-8-18(11-13-5-4-7-17-10-13)12-15-14(6-9-21-15)16(19)20-2/h6,9,13,17H,3-5,7-8,10-12H2,1-2H3. The van der Waals surface area contributed by atoms with Crippen molar-refractivity contribution in [3.63, 3.8) is 0 Å². The van der Waals surface area contributed by atoms with Crippen molar-refractivity contribution in [2.75, 3.05) is 33.3 Å². The van der Waals surface area contributed by atoms with Crippen molar-refractivity contribution < 1.29 is 13.9 Å². The van der Waals surface area contributed by atoms with Crippen molar-refractivity contribution in [2.45, 2.75) is 32.7 Å². The van der Waals surface area contributed by atoms with Crippen LogP contribution < -0.4 is 5.32 Å².